The summed E-state index contributed by atoms with van der Waals surface area (Å²) in [5.41, 5.74) is 5.29. The van der Waals surface area contributed by atoms with E-state index in [9.17, 15) is 84.4 Å². The molecule has 0 atom stereocenters. The SMILES string of the molecule is CC1(C)COc2c1cc(-c1ccc[nH]c1=O)c1[nH]c(C(=O)O)c(-c3ccc[nH]c3=O)c21.CS(=O)(=O)NC(=O)c1c(-c2ccc[nH]c2=O)c2c3occ(Cl)c3ccc2n1Cc1cc(F)ccc1F.Cc1cc2ccc3c(c(-c4ccc[nH]c4=O)c(C(=O)O)n3Cc3ccccc3F)c2o1.O=C(O)c1c(-c2ccc[nH]c2=O)c2c3c(ccc2n1Cc1cc2[nH]cnc2cc1F)CCO3. The van der Waals surface area contributed by atoms with E-state index in [1.807, 2.05) is 48.9 Å². The van der Waals surface area contributed by atoms with E-state index < -0.39 is 79.3 Å². The van der Waals surface area contributed by atoms with Crippen molar-refractivity contribution in [2.24, 2.45) is 0 Å². The quantitative estimate of drug-likeness (QED) is 0.0400. The number of pyridine rings is 5. The normalized spacial score (nSPS) is 12.6. The molecular weight excluding hydrogens is 1740 g/mol. The molecule has 0 unspecified atom stereocenters. The number of ether oxygens (including phenoxy) is 2. The molecule has 11 N–H and O–H groups in total. The first-order valence-electron chi connectivity index (χ1n) is 40.2. The van der Waals surface area contributed by atoms with Crippen LogP contribution in [0.15, 0.2) is 240 Å². The molecular formula is C95H69ClF4N12O18S. The fourth-order valence-electron chi connectivity index (χ4n) is 17.2. The molecule has 2 aliphatic rings. The molecule has 12 aromatic heterocycles. The second-order valence-electron chi connectivity index (χ2n) is 31.6. The standard InChI is InChI=1S/C24H16ClF2N3O5S.C24H17FN4O4.C24H17FN2O4.C23H19N3O5/c1-36(33,34)29-24(32)21-19(15-3-2-8-28-23(15)31)20-18(7-5-14-16(25)11-35-22(14)20)30(21)10-12-9-13(26)4-6-17(12)27;25-15-9-17-16(27-11-28-17)8-13(15)10-29-18-4-3-12-5-7-33-22(12)20(18)19(21(29)24(31)32)14-2-1-6-26-23(14)30;1-13-11-14-8-9-18-20(22(14)31-13)19(16-6-4-10-26-23(16)28)21(24(29)30)27(18)12-15-5-2-3-7-17(15)25;1-23(2)10-31-19-14(23)9-13(11-5-3-7-24-20(11)27)17-16(19)15(18(26-17)22(29)30)12-6-4-8-25-21(12)28/h2-9,11H,10H2,1H3,(H,28,31)(H,29,32);1-4,6,8-9,11H,5,7,10H2,(H,26,30)(H,27,28)(H,31,32);2-11H,12H2,1H3,(H,26,28)(H,29,30);3-9,26H,10H2,1-2H3,(H,24,27)(H,25,28)(H,29,30). The molecule has 0 saturated carbocycles. The average molecular weight is 1810 g/mol. The van der Waals surface area contributed by atoms with Gasteiger partial charge in [-0.2, -0.15) is 0 Å². The van der Waals surface area contributed by atoms with Gasteiger partial charge < -0.3 is 82.2 Å². The summed E-state index contributed by atoms with van der Waals surface area (Å²) in [5.74, 6) is -5.36. The Hall–Kier alpha value is -16.6. The molecule has 1 amide bonds. The first-order valence-corrected chi connectivity index (χ1v) is 42.4. The Kier molecular flexibility index (Phi) is 21.7. The number of rotatable bonds is 16. The van der Waals surface area contributed by atoms with Crippen LogP contribution in [0.2, 0.25) is 5.02 Å². The molecule has 0 radical (unpaired) electrons. The van der Waals surface area contributed by atoms with E-state index in [0.29, 0.717) is 119 Å². The van der Waals surface area contributed by atoms with E-state index in [4.69, 9.17) is 29.9 Å². The molecule has 0 bridgehead atoms. The number of aromatic nitrogens is 11. The number of carbonyl (C=O) groups excluding carboxylic acids is 1. The predicted octanol–water partition coefficient (Wildman–Crippen LogP) is 16.3. The van der Waals surface area contributed by atoms with Crippen molar-refractivity contribution in [3.63, 3.8) is 0 Å². The number of carbonyl (C=O) groups is 4. The lowest BCUT2D eigenvalue weighted by atomic mass is 9.83. The van der Waals surface area contributed by atoms with Gasteiger partial charge in [0.15, 0.2) is 0 Å². The van der Waals surface area contributed by atoms with Gasteiger partial charge in [-0.3, -0.25) is 28.8 Å². The monoisotopic (exact) mass is 1810 g/mol. The number of aryl methyl sites for hydroxylation is 1. The van der Waals surface area contributed by atoms with Crippen molar-refractivity contribution in [1.29, 1.82) is 0 Å². The van der Waals surface area contributed by atoms with Crippen LogP contribution in [0.4, 0.5) is 17.6 Å². The highest BCUT2D eigenvalue weighted by Gasteiger charge is 2.39. The molecule has 36 heteroatoms. The number of nitrogens with zero attached hydrogens (tertiary/aromatic N) is 4. The van der Waals surface area contributed by atoms with Gasteiger partial charge in [0.2, 0.25) is 10.0 Å². The molecule has 131 heavy (non-hydrogen) atoms. The lowest BCUT2D eigenvalue weighted by Gasteiger charge is -2.16. The maximum absolute atomic E-state index is 14.9. The zero-order chi connectivity index (χ0) is 92.1. The number of sulfonamides is 1. The van der Waals surface area contributed by atoms with E-state index in [1.54, 1.807) is 97.9 Å². The molecule has 0 saturated heterocycles. The summed E-state index contributed by atoms with van der Waals surface area (Å²) < 4.78 is 112. The third kappa shape index (κ3) is 15.3. The number of halogens is 5. The summed E-state index contributed by atoms with van der Waals surface area (Å²) in [5, 5.41) is 33.7. The number of benzene rings is 7. The molecule has 14 heterocycles. The van der Waals surface area contributed by atoms with Crippen LogP contribution < -0.4 is 42.0 Å². The number of carboxylic acids is 3. The average Bonchev–Trinajstić information content (AvgIpc) is 1.56. The maximum Gasteiger partial charge on any atom is 0.353 e. The van der Waals surface area contributed by atoms with Crippen molar-refractivity contribution < 1.29 is 78.8 Å². The molecule has 2 aliphatic heterocycles. The number of carboxylic acid groups (broad SMARTS) is 3. The maximum atomic E-state index is 14.9. The van der Waals surface area contributed by atoms with Crippen molar-refractivity contribution in [3.05, 3.63) is 344 Å². The van der Waals surface area contributed by atoms with Crippen LogP contribution in [0.1, 0.15) is 89.4 Å². The number of nitrogens with one attached hydrogen (secondary N) is 8. The Bertz CT molecular complexity index is 8490. The van der Waals surface area contributed by atoms with Crippen molar-refractivity contribution in [2.75, 3.05) is 19.5 Å². The second-order valence-corrected chi connectivity index (χ2v) is 33.8. The highest BCUT2D eigenvalue weighted by molar-refractivity contribution is 7.89. The number of aromatic amines is 7. The third-order valence-corrected chi connectivity index (χ3v) is 23.7. The van der Waals surface area contributed by atoms with Crippen LogP contribution >= 0.6 is 11.6 Å². The van der Waals surface area contributed by atoms with Crippen LogP contribution in [0.25, 0.3) is 132 Å². The molecule has 0 fully saturated rings. The minimum absolute atomic E-state index is 0.0132. The lowest BCUT2D eigenvalue weighted by molar-refractivity contribution is 0.0676. The van der Waals surface area contributed by atoms with Gasteiger partial charge >= 0.3 is 17.9 Å². The number of furan rings is 2. The first-order chi connectivity index (χ1) is 62.8. The lowest BCUT2D eigenvalue weighted by Crippen LogP contribution is -2.32. The van der Waals surface area contributed by atoms with Gasteiger partial charge in [-0.15, -0.1) is 0 Å². The Morgan fingerprint density at radius 1 is 0.527 bits per heavy atom. The Labute approximate surface area is 737 Å². The van der Waals surface area contributed by atoms with Gasteiger partial charge in [-0.25, -0.2) is 50.1 Å². The molecule has 30 nitrogen and oxygen atoms in total. The third-order valence-electron chi connectivity index (χ3n) is 22.9. The predicted molar refractivity (Wildman–Crippen MR) is 481 cm³/mol. The van der Waals surface area contributed by atoms with E-state index in [2.05, 4.69) is 39.9 Å². The zero-order valence-corrected chi connectivity index (χ0v) is 70.5. The number of imidazole rings is 1. The fourth-order valence-corrected chi connectivity index (χ4v) is 17.8. The van der Waals surface area contributed by atoms with Gasteiger partial charge in [0.1, 0.15) is 80.7 Å². The van der Waals surface area contributed by atoms with E-state index in [-0.39, 0.29) is 119 Å². The summed E-state index contributed by atoms with van der Waals surface area (Å²) in [6.45, 7) is 6.27. The van der Waals surface area contributed by atoms with Crippen LogP contribution in [0.3, 0.4) is 0 Å². The summed E-state index contributed by atoms with van der Waals surface area (Å²) in [4.78, 5) is 137. The van der Waals surface area contributed by atoms with E-state index in [0.717, 1.165) is 41.0 Å². The molecule has 7 aromatic carbocycles. The summed E-state index contributed by atoms with van der Waals surface area (Å²) in [6, 6.07) is 42.2. The van der Waals surface area contributed by atoms with E-state index in [1.165, 1.54) is 81.5 Å². The van der Waals surface area contributed by atoms with Crippen molar-refractivity contribution in [3.8, 4) is 67.1 Å². The molecule has 19 aromatic rings. The Balaban J connectivity index is 0.000000118. The fraction of sp³-hybridized carbons (Fsp3) is 0.116. The highest BCUT2D eigenvalue weighted by Crippen LogP contribution is 2.51. The van der Waals surface area contributed by atoms with Gasteiger partial charge in [0, 0.05) is 115 Å². The second kappa shape index (κ2) is 33.3. The van der Waals surface area contributed by atoms with Crippen LogP contribution in [-0.4, -0.2) is 121 Å². The van der Waals surface area contributed by atoms with Gasteiger partial charge in [0.25, 0.3) is 33.7 Å². The molecule has 21 rings (SSSR count). The van der Waals surface area contributed by atoms with Gasteiger partial charge in [0.05, 0.1) is 127 Å². The number of amides is 1. The van der Waals surface area contributed by atoms with Crippen LogP contribution in [0, 0.1) is 30.2 Å². The number of H-pyrrole nitrogens is 7. The molecule has 0 aliphatic carbocycles. The molecule has 0 spiro atoms. The van der Waals surface area contributed by atoms with Crippen molar-refractivity contribution in [2.45, 2.75) is 52.2 Å². The minimum atomic E-state index is -4.04. The number of fused-ring (bicyclic) bond motifs is 13. The smallest absolute Gasteiger partial charge is 0.353 e. The number of hydrogen-bond donors (Lipinski definition) is 11. The van der Waals surface area contributed by atoms with Crippen molar-refractivity contribution >= 4 is 122 Å². The summed E-state index contributed by atoms with van der Waals surface area (Å²) in [6.07, 6.45) is 11.6. The van der Waals surface area contributed by atoms with Gasteiger partial charge in [-0.1, -0.05) is 49.7 Å². The zero-order valence-electron chi connectivity index (χ0n) is 68.9. The van der Waals surface area contributed by atoms with Crippen LogP contribution in [0.5, 0.6) is 11.5 Å². The highest BCUT2D eigenvalue weighted by atomic mass is 35.5. The first kappa shape index (κ1) is 85.2. The topological polar surface area (TPSA) is 443 Å². The Morgan fingerprint density at radius 3 is 1.64 bits per heavy atom. The van der Waals surface area contributed by atoms with Crippen LogP contribution in [-0.2, 0) is 41.5 Å². The largest absolute Gasteiger partial charge is 0.492 e. The summed E-state index contributed by atoms with van der Waals surface area (Å²) in [7, 11) is -4.04. The van der Waals surface area contributed by atoms with Gasteiger partial charge in [-0.05, 0) is 146 Å². The van der Waals surface area contributed by atoms with Crippen molar-refractivity contribution in [1.82, 2.24) is 58.3 Å². The molecule has 658 valence electrons. The summed E-state index contributed by atoms with van der Waals surface area (Å²) >= 11 is 6.25. The van der Waals surface area contributed by atoms with E-state index >= 15 is 0 Å². The number of aromatic carboxylic acids is 3. The minimum Gasteiger partial charge on any atom is -0.492 e. The Morgan fingerprint density at radius 2 is 1.05 bits per heavy atom. The number of hydrogen-bond acceptors (Lipinski definition) is 16.